The zero-order valence-corrected chi connectivity index (χ0v) is 6.09. The minimum absolute atomic E-state index is 0.277. The van der Waals surface area contributed by atoms with Gasteiger partial charge in [0.1, 0.15) is 0 Å². The molecule has 0 atom stereocenters. The molecule has 0 rings (SSSR count). The van der Waals surface area contributed by atoms with E-state index in [4.69, 9.17) is 5.53 Å². The summed E-state index contributed by atoms with van der Waals surface area (Å²) in [5.41, 5.74) is 6.13. The molecule has 0 aliphatic heterocycles. The van der Waals surface area contributed by atoms with Crippen molar-refractivity contribution in [2.24, 2.45) is 14.9 Å². The molecule has 0 radical (unpaired) electrons. The van der Waals surface area contributed by atoms with E-state index < -0.39 is 10.2 Å². The Hall–Kier alpha value is -1.05. The predicted molar refractivity (Wildman–Crippen MR) is 32.6 cm³/mol. The van der Waals surface area contributed by atoms with Crippen molar-refractivity contribution in [3.05, 3.63) is 0 Å². The molecule has 0 heterocycles. The van der Waals surface area contributed by atoms with Crippen molar-refractivity contribution in [3.8, 4) is 0 Å². The molecule has 0 fully saturated rings. The number of nitrogens with zero attached hydrogens (tertiary/aromatic N) is 3. The van der Waals surface area contributed by atoms with Gasteiger partial charge in [-0.25, -0.2) is 0 Å². The molecule has 0 aromatic rings. The van der Waals surface area contributed by atoms with E-state index in [0.717, 1.165) is 0 Å². The molecule has 0 unspecified atom stereocenters. The summed E-state index contributed by atoms with van der Waals surface area (Å²) in [5, 5.41) is 5.61. The second kappa shape index (κ2) is 3.88. The molecule has 0 spiro atoms. The van der Waals surface area contributed by atoms with Gasteiger partial charge in [0.25, 0.3) is 0 Å². The molecule has 0 aliphatic carbocycles. The Labute approximate surface area is 58.2 Å². The fourth-order valence-electron chi connectivity index (χ4n) is 0.210. The summed E-state index contributed by atoms with van der Waals surface area (Å²) in [4.78, 5) is 1.46. The molecular formula is C2H7N5O2S. The van der Waals surface area contributed by atoms with Crippen LogP contribution in [0.25, 0.3) is 0 Å². The highest BCUT2D eigenvalue weighted by atomic mass is 32.2. The molecule has 0 aromatic heterocycles. The lowest BCUT2D eigenvalue weighted by molar-refractivity contribution is 0.578. The van der Waals surface area contributed by atoms with Crippen LogP contribution in [-0.2, 0) is 10.2 Å². The van der Waals surface area contributed by atoms with Crippen molar-refractivity contribution in [2.75, 3.05) is 6.54 Å². The minimum atomic E-state index is -3.84. The van der Waals surface area contributed by atoms with Crippen LogP contribution in [0.15, 0.2) is 14.9 Å². The van der Waals surface area contributed by atoms with E-state index in [1.807, 2.05) is 0 Å². The van der Waals surface area contributed by atoms with Gasteiger partial charge in [0.15, 0.2) is 0 Å². The van der Waals surface area contributed by atoms with Crippen LogP contribution >= 0.6 is 0 Å². The lowest BCUT2D eigenvalue weighted by Crippen LogP contribution is -2.13. The van der Waals surface area contributed by atoms with Gasteiger partial charge in [-0.3, -0.25) is 0 Å². The van der Waals surface area contributed by atoms with Gasteiger partial charge in [0, 0.05) is 0 Å². The molecule has 58 valence electrons. The lowest BCUT2D eigenvalue weighted by Gasteiger charge is -1.89. The van der Waals surface area contributed by atoms with E-state index in [9.17, 15) is 8.42 Å². The van der Waals surface area contributed by atoms with E-state index >= 15 is 0 Å². The van der Waals surface area contributed by atoms with E-state index in [0.29, 0.717) is 0 Å². The van der Waals surface area contributed by atoms with Gasteiger partial charge >= 0.3 is 10.2 Å². The summed E-state index contributed by atoms with van der Waals surface area (Å²) in [6.45, 7) is 1.91. The number of hydrogen-bond acceptors (Lipinski definition) is 5. The van der Waals surface area contributed by atoms with Gasteiger partial charge in [0.2, 0.25) is 0 Å². The second-order valence-electron chi connectivity index (χ2n) is 1.22. The zero-order chi connectivity index (χ0) is 8.04. The third-order valence-corrected chi connectivity index (χ3v) is 1.12. The maximum absolute atomic E-state index is 10.4. The van der Waals surface area contributed by atoms with Crippen molar-refractivity contribution in [1.82, 2.24) is 4.83 Å². The Morgan fingerprint density at radius 1 is 1.60 bits per heavy atom. The molecule has 0 saturated carbocycles. The Balaban J connectivity index is 4.14. The monoisotopic (exact) mass is 165 g/mol. The van der Waals surface area contributed by atoms with Gasteiger partial charge in [0.05, 0.1) is 6.54 Å². The summed E-state index contributed by atoms with van der Waals surface area (Å²) in [5.74, 6) is 0. The topological polar surface area (TPSA) is 107 Å². The Kier molecular flexibility index (Phi) is 3.47. The molecule has 0 saturated heterocycles. The minimum Gasteiger partial charge on any atom is -0.186 e. The predicted octanol–water partition coefficient (Wildman–Crippen LogP) is 0.239. The summed E-state index contributed by atoms with van der Waals surface area (Å²) in [6, 6.07) is 0. The highest BCUT2D eigenvalue weighted by Gasteiger charge is 2.02. The van der Waals surface area contributed by atoms with Crippen LogP contribution < -0.4 is 4.83 Å². The second-order valence-corrected chi connectivity index (χ2v) is 2.51. The third-order valence-electron chi connectivity index (χ3n) is 0.468. The summed E-state index contributed by atoms with van der Waals surface area (Å²) < 4.78 is 23.6. The van der Waals surface area contributed by atoms with Crippen LogP contribution in [0.5, 0.6) is 0 Å². The van der Waals surface area contributed by atoms with Crippen LogP contribution in [-0.4, -0.2) is 15.0 Å². The van der Waals surface area contributed by atoms with Gasteiger partial charge in [-0.2, -0.15) is 23.9 Å². The van der Waals surface area contributed by atoms with Crippen molar-refractivity contribution in [3.63, 3.8) is 0 Å². The van der Waals surface area contributed by atoms with Crippen molar-refractivity contribution >= 4 is 10.2 Å². The molecular weight excluding hydrogens is 158 g/mol. The molecule has 0 aliphatic rings. The maximum Gasteiger partial charge on any atom is 0.375 e. The van der Waals surface area contributed by atoms with E-state index in [1.54, 1.807) is 6.92 Å². The quantitative estimate of drug-likeness (QED) is 0.459. The van der Waals surface area contributed by atoms with Crippen molar-refractivity contribution in [1.29, 1.82) is 5.53 Å². The third kappa shape index (κ3) is 3.89. The first kappa shape index (κ1) is 8.95. The number of hydrogen-bond donors (Lipinski definition) is 2. The van der Waals surface area contributed by atoms with Gasteiger partial charge in [-0.1, -0.05) is 5.22 Å². The summed E-state index contributed by atoms with van der Waals surface area (Å²) in [6.07, 6.45) is 0. The van der Waals surface area contributed by atoms with Crippen molar-refractivity contribution in [2.45, 2.75) is 6.92 Å². The molecule has 0 aromatic carbocycles. The van der Waals surface area contributed by atoms with Gasteiger partial charge < -0.3 is 0 Å². The van der Waals surface area contributed by atoms with E-state index in [1.165, 1.54) is 4.83 Å². The molecule has 0 amide bonds. The summed E-state index contributed by atoms with van der Waals surface area (Å²) >= 11 is 0. The fraction of sp³-hybridized carbons (Fsp3) is 1.00. The SMILES string of the molecule is CCN=NS(=O)(=O)NN=N. The Bertz CT molecular complexity index is 218. The molecule has 8 heteroatoms. The highest BCUT2D eigenvalue weighted by Crippen LogP contribution is 1.86. The zero-order valence-electron chi connectivity index (χ0n) is 5.27. The Morgan fingerprint density at radius 2 is 2.20 bits per heavy atom. The first-order chi connectivity index (χ1) is 4.62. The van der Waals surface area contributed by atoms with Crippen LogP contribution in [0.3, 0.4) is 0 Å². The molecule has 10 heavy (non-hydrogen) atoms. The fourth-order valence-corrected chi connectivity index (χ4v) is 0.629. The smallest absolute Gasteiger partial charge is 0.186 e. The van der Waals surface area contributed by atoms with Crippen LogP contribution in [0.2, 0.25) is 0 Å². The molecule has 7 nitrogen and oxygen atoms in total. The van der Waals surface area contributed by atoms with Gasteiger partial charge in [-0.15, -0.1) is 0 Å². The van der Waals surface area contributed by atoms with Crippen molar-refractivity contribution < 1.29 is 8.42 Å². The van der Waals surface area contributed by atoms with E-state index in [-0.39, 0.29) is 6.54 Å². The van der Waals surface area contributed by atoms with Gasteiger partial charge in [-0.05, 0) is 11.4 Å². The maximum atomic E-state index is 10.4. The lowest BCUT2D eigenvalue weighted by atomic mass is 10.8. The standard InChI is InChI=1S/C2H7N5O2S/c1-2-4-6-10(8,9)7-5-3/h2H2,1H3,(H2,3,7). The average Bonchev–Trinajstić information content (AvgIpc) is 1.84. The number of rotatable bonds is 4. The van der Waals surface area contributed by atoms with E-state index in [2.05, 4.69) is 14.9 Å². The summed E-state index contributed by atoms with van der Waals surface area (Å²) in [7, 11) is -3.84. The first-order valence-corrected chi connectivity index (χ1v) is 3.83. The molecule has 0 bridgehead atoms. The van der Waals surface area contributed by atoms with Crippen LogP contribution in [0, 0.1) is 5.53 Å². The Morgan fingerprint density at radius 3 is 2.60 bits per heavy atom. The molecule has 2 N–H and O–H groups in total. The largest absolute Gasteiger partial charge is 0.375 e. The highest BCUT2D eigenvalue weighted by molar-refractivity contribution is 7.87. The number of nitrogens with one attached hydrogen (secondary N) is 2. The van der Waals surface area contributed by atoms with Crippen LogP contribution in [0.1, 0.15) is 6.92 Å². The van der Waals surface area contributed by atoms with Crippen LogP contribution in [0.4, 0.5) is 0 Å². The first-order valence-electron chi connectivity index (χ1n) is 2.39. The normalized spacial score (nSPS) is 11.7. The average molecular weight is 165 g/mol.